The van der Waals surface area contributed by atoms with Gasteiger partial charge in [-0.2, -0.15) is 0 Å². The molecule has 3 heteroatoms. The van der Waals surface area contributed by atoms with E-state index >= 15 is 0 Å². The molecule has 0 fully saturated rings. The van der Waals surface area contributed by atoms with Crippen LogP contribution in [0.2, 0.25) is 0 Å². The van der Waals surface area contributed by atoms with Crippen LogP contribution in [0.1, 0.15) is 5.56 Å². The third kappa shape index (κ3) is 1.26. The summed E-state index contributed by atoms with van der Waals surface area (Å²) in [6, 6.07) is 6.13. The molecule has 2 aromatic rings. The second-order valence-corrected chi connectivity index (χ2v) is 3.36. The molecule has 1 aromatic carbocycles. The summed E-state index contributed by atoms with van der Waals surface area (Å²) in [5, 5.41) is 1.13. The van der Waals surface area contributed by atoms with Crippen molar-refractivity contribution in [3.05, 3.63) is 30.0 Å². The number of aryl methyl sites for hydroxylation is 1. The summed E-state index contributed by atoms with van der Waals surface area (Å²) in [7, 11) is 3.70. The van der Waals surface area contributed by atoms with Crippen molar-refractivity contribution < 1.29 is 4.74 Å². The summed E-state index contributed by atoms with van der Waals surface area (Å²) in [4.78, 5) is 0. The molecule has 74 valence electrons. The van der Waals surface area contributed by atoms with Crippen LogP contribution in [0, 0.1) is 0 Å². The van der Waals surface area contributed by atoms with E-state index in [0.29, 0.717) is 6.54 Å². The standard InChI is InChI=1S/C11H14N2O/c1-13-4-3-9-10(13)5-8(7-12)6-11(9)14-2/h3-6H,7,12H2,1-2H3. The fraction of sp³-hybridized carbons (Fsp3) is 0.273. The van der Waals surface area contributed by atoms with Crippen molar-refractivity contribution >= 4 is 10.9 Å². The summed E-state index contributed by atoms with van der Waals surface area (Å²) >= 11 is 0. The second kappa shape index (κ2) is 3.35. The van der Waals surface area contributed by atoms with Gasteiger partial charge in [0, 0.05) is 25.2 Å². The van der Waals surface area contributed by atoms with Crippen LogP contribution in [0.5, 0.6) is 5.75 Å². The van der Waals surface area contributed by atoms with Gasteiger partial charge < -0.3 is 15.0 Å². The van der Waals surface area contributed by atoms with E-state index in [-0.39, 0.29) is 0 Å². The summed E-state index contributed by atoms with van der Waals surface area (Å²) in [6.07, 6.45) is 2.02. The topological polar surface area (TPSA) is 40.2 Å². The van der Waals surface area contributed by atoms with E-state index in [1.165, 1.54) is 0 Å². The van der Waals surface area contributed by atoms with Gasteiger partial charge in [0.25, 0.3) is 0 Å². The van der Waals surface area contributed by atoms with Gasteiger partial charge in [-0.3, -0.25) is 0 Å². The van der Waals surface area contributed by atoms with Crippen molar-refractivity contribution in [3.63, 3.8) is 0 Å². The molecule has 0 amide bonds. The van der Waals surface area contributed by atoms with Crippen LogP contribution in [-0.2, 0) is 13.6 Å². The quantitative estimate of drug-likeness (QED) is 0.782. The molecule has 0 aliphatic rings. The van der Waals surface area contributed by atoms with Crippen LogP contribution in [0.3, 0.4) is 0 Å². The minimum absolute atomic E-state index is 0.539. The summed E-state index contributed by atoms with van der Waals surface area (Å²) < 4.78 is 7.38. The van der Waals surface area contributed by atoms with Crippen molar-refractivity contribution in [1.29, 1.82) is 0 Å². The molecular weight excluding hydrogens is 176 g/mol. The first kappa shape index (κ1) is 9.09. The molecule has 0 aliphatic carbocycles. The number of ether oxygens (including phenoxy) is 1. The largest absolute Gasteiger partial charge is 0.496 e. The molecule has 0 saturated carbocycles. The number of aromatic nitrogens is 1. The fourth-order valence-electron chi connectivity index (χ4n) is 1.68. The number of methoxy groups -OCH3 is 1. The minimum atomic E-state index is 0.539. The number of nitrogens with zero attached hydrogens (tertiary/aromatic N) is 1. The van der Waals surface area contributed by atoms with E-state index in [1.54, 1.807) is 7.11 Å². The third-order valence-corrected chi connectivity index (χ3v) is 2.48. The van der Waals surface area contributed by atoms with Gasteiger partial charge in [-0.15, -0.1) is 0 Å². The molecule has 1 heterocycles. The van der Waals surface area contributed by atoms with Gasteiger partial charge in [-0.05, 0) is 23.8 Å². The van der Waals surface area contributed by atoms with E-state index in [0.717, 1.165) is 22.2 Å². The van der Waals surface area contributed by atoms with Crippen molar-refractivity contribution in [3.8, 4) is 5.75 Å². The summed E-state index contributed by atoms with van der Waals surface area (Å²) in [6.45, 7) is 0.539. The number of rotatable bonds is 2. The minimum Gasteiger partial charge on any atom is -0.496 e. The number of hydrogen-bond donors (Lipinski definition) is 1. The van der Waals surface area contributed by atoms with E-state index in [4.69, 9.17) is 10.5 Å². The van der Waals surface area contributed by atoms with Crippen LogP contribution < -0.4 is 10.5 Å². The Hall–Kier alpha value is -1.48. The maximum absolute atomic E-state index is 5.62. The molecule has 2 rings (SSSR count). The molecular formula is C11H14N2O. The van der Waals surface area contributed by atoms with Gasteiger partial charge in [0.2, 0.25) is 0 Å². The first-order valence-electron chi connectivity index (χ1n) is 4.58. The van der Waals surface area contributed by atoms with Crippen molar-refractivity contribution in [2.24, 2.45) is 12.8 Å². The zero-order valence-corrected chi connectivity index (χ0v) is 8.45. The lowest BCUT2D eigenvalue weighted by Gasteiger charge is -2.06. The van der Waals surface area contributed by atoms with Gasteiger partial charge in [-0.25, -0.2) is 0 Å². The van der Waals surface area contributed by atoms with Gasteiger partial charge in [0.15, 0.2) is 0 Å². The fourth-order valence-corrected chi connectivity index (χ4v) is 1.68. The normalized spacial score (nSPS) is 10.8. The van der Waals surface area contributed by atoms with Crippen molar-refractivity contribution in [2.75, 3.05) is 7.11 Å². The molecule has 3 nitrogen and oxygen atoms in total. The molecule has 0 radical (unpaired) electrons. The van der Waals surface area contributed by atoms with Crippen LogP contribution in [0.4, 0.5) is 0 Å². The Bertz CT molecular complexity index is 460. The molecule has 0 unspecified atom stereocenters. The van der Waals surface area contributed by atoms with Gasteiger partial charge in [0.1, 0.15) is 5.75 Å². The Morgan fingerprint density at radius 3 is 2.86 bits per heavy atom. The molecule has 0 atom stereocenters. The van der Waals surface area contributed by atoms with Crippen LogP contribution in [0.25, 0.3) is 10.9 Å². The Morgan fingerprint density at radius 1 is 1.43 bits per heavy atom. The van der Waals surface area contributed by atoms with E-state index in [1.807, 2.05) is 19.3 Å². The monoisotopic (exact) mass is 190 g/mol. The Balaban J connectivity index is 2.76. The predicted octanol–water partition coefficient (Wildman–Crippen LogP) is 1.65. The van der Waals surface area contributed by atoms with Crippen molar-refractivity contribution in [2.45, 2.75) is 6.54 Å². The molecule has 1 aromatic heterocycles. The third-order valence-electron chi connectivity index (χ3n) is 2.48. The summed E-state index contributed by atoms with van der Waals surface area (Å²) in [5.74, 6) is 0.892. The first-order valence-corrected chi connectivity index (χ1v) is 4.58. The molecule has 14 heavy (non-hydrogen) atoms. The highest BCUT2D eigenvalue weighted by Gasteiger charge is 2.06. The lowest BCUT2D eigenvalue weighted by molar-refractivity contribution is 0.419. The highest BCUT2D eigenvalue weighted by Crippen LogP contribution is 2.27. The van der Waals surface area contributed by atoms with E-state index < -0.39 is 0 Å². The van der Waals surface area contributed by atoms with E-state index in [9.17, 15) is 0 Å². The maximum Gasteiger partial charge on any atom is 0.128 e. The number of nitrogens with two attached hydrogens (primary N) is 1. The van der Waals surface area contributed by atoms with Crippen molar-refractivity contribution in [1.82, 2.24) is 4.57 Å². The average molecular weight is 190 g/mol. The zero-order chi connectivity index (χ0) is 10.1. The Morgan fingerprint density at radius 2 is 2.21 bits per heavy atom. The second-order valence-electron chi connectivity index (χ2n) is 3.36. The number of fused-ring (bicyclic) bond motifs is 1. The molecule has 0 saturated heterocycles. The predicted molar refractivity (Wildman–Crippen MR) is 57.4 cm³/mol. The number of benzene rings is 1. The van der Waals surface area contributed by atoms with Gasteiger partial charge in [0.05, 0.1) is 12.6 Å². The Labute approximate surface area is 83.1 Å². The van der Waals surface area contributed by atoms with Gasteiger partial charge in [-0.1, -0.05) is 0 Å². The Kier molecular flexibility index (Phi) is 2.17. The smallest absolute Gasteiger partial charge is 0.128 e. The SMILES string of the molecule is COc1cc(CN)cc2c1ccn2C. The molecule has 2 N–H and O–H groups in total. The lowest BCUT2D eigenvalue weighted by atomic mass is 10.1. The van der Waals surface area contributed by atoms with E-state index in [2.05, 4.69) is 16.7 Å². The summed E-state index contributed by atoms with van der Waals surface area (Å²) in [5.41, 5.74) is 7.87. The van der Waals surface area contributed by atoms with Crippen LogP contribution >= 0.6 is 0 Å². The van der Waals surface area contributed by atoms with Gasteiger partial charge >= 0.3 is 0 Å². The number of hydrogen-bond acceptors (Lipinski definition) is 2. The average Bonchev–Trinajstić information content (AvgIpc) is 2.59. The molecule has 0 bridgehead atoms. The zero-order valence-electron chi connectivity index (χ0n) is 8.45. The highest BCUT2D eigenvalue weighted by molar-refractivity contribution is 5.87. The lowest BCUT2D eigenvalue weighted by Crippen LogP contribution is -1.98. The maximum atomic E-state index is 5.62. The molecule has 0 spiro atoms. The highest BCUT2D eigenvalue weighted by atomic mass is 16.5. The molecule has 0 aliphatic heterocycles. The van der Waals surface area contributed by atoms with Crippen LogP contribution in [-0.4, -0.2) is 11.7 Å². The first-order chi connectivity index (χ1) is 6.76. The van der Waals surface area contributed by atoms with Crippen LogP contribution in [0.15, 0.2) is 24.4 Å².